The van der Waals surface area contributed by atoms with E-state index in [4.69, 9.17) is 16.7 Å². The van der Waals surface area contributed by atoms with Gasteiger partial charge in [0.15, 0.2) is 0 Å². The monoisotopic (exact) mass is 277 g/mol. The van der Waals surface area contributed by atoms with Crippen LogP contribution in [0.25, 0.3) is 0 Å². The van der Waals surface area contributed by atoms with Gasteiger partial charge in [-0.25, -0.2) is 4.79 Å². The maximum Gasteiger partial charge on any atom is 0.337 e. The van der Waals surface area contributed by atoms with Crippen LogP contribution in [0.1, 0.15) is 21.7 Å². The second kappa shape index (κ2) is 5.67. The van der Waals surface area contributed by atoms with E-state index in [2.05, 4.69) is 15.3 Å². The summed E-state index contributed by atoms with van der Waals surface area (Å²) in [6, 6.07) is 4.59. The van der Waals surface area contributed by atoms with E-state index in [1.54, 1.807) is 24.5 Å². The predicted octanol–water partition coefficient (Wildman–Crippen LogP) is 2.75. The fourth-order valence-corrected chi connectivity index (χ4v) is 1.72. The number of rotatable bonds is 4. The first-order chi connectivity index (χ1) is 9.06. The SMILES string of the molecule is Cc1cnc(CNc2cc(Cl)ccc2C(=O)O)cn1. The van der Waals surface area contributed by atoms with Crippen molar-refractivity contribution in [2.45, 2.75) is 13.5 Å². The van der Waals surface area contributed by atoms with Crippen LogP contribution in [-0.2, 0) is 6.54 Å². The Hall–Kier alpha value is -2.14. The zero-order chi connectivity index (χ0) is 13.8. The highest BCUT2D eigenvalue weighted by Gasteiger charge is 2.10. The van der Waals surface area contributed by atoms with E-state index >= 15 is 0 Å². The molecule has 1 heterocycles. The molecule has 2 N–H and O–H groups in total. The molecule has 0 saturated carbocycles. The fourth-order valence-electron chi connectivity index (χ4n) is 1.55. The largest absolute Gasteiger partial charge is 0.478 e. The summed E-state index contributed by atoms with van der Waals surface area (Å²) >= 11 is 5.86. The Morgan fingerprint density at radius 3 is 2.79 bits per heavy atom. The summed E-state index contributed by atoms with van der Waals surface area (Å²) in [6.07, 6.45) is 3.31. The van der Waals surface area contributed by atoms with Crippen LogP contribution in [0.3, 0.4) is 0 Å². The quantitative estimate of drug-likeness (QED) is 0.899. The second-order valence-corrected chi connectivity index (χ2v) is 4.43. The average molecular weight is 278 g/mol. The van der Waals surface area contributed by atoms with Crippen LogP contribution in [-0.4, -0.2) is 21.0 Å². The lowest BCUT2D eigenvalue weighted by atomic mass is 10.2. The number of benzene rings is 1. The van der Waals surface area contributed by atoms with E-state index in [0.29, 0.717) is 17.3 Å². The number of hydrogen-bond donors (Lipinski definition) is 2. The molecule has 0 unspecified atom stereocenters. The van der Waals surface area contributed by atoms with Crippen molar-refractivity contribution in [1.29, 1.82) is 0 Å². The Bertz CT molecular complexity index is 599. The molecule has 0 fully saturated rings. The highest BCUT2D eigenvalue weighted by Crippen LogP contribution is 2.21. The van der Waals surface area contributed by atoms with Gasteiger partial charge in [0, 0.05) is 11.2 Å². The summed E-state index contributed by atoms with van der Waals surface area (Å²) in [7, 11) is 0. The van der Waals surface area contributed by atoms with Crippen molar-refractivity contribution < 1.29 is 9.90 Å². The highest BCUT2D eigenvalue weighted by atomic mass is 35.5. The number of aryl methyl sites for hydroxylation is 1. The van der Waals surface area contributed by atoms with Gasteiger partial charge in [-0.15, -0.1) is 0 Å². The minimum Gasteiger partial charge on any atom is -0.478 e. The Kier molecular flexibility index (Phi) is 3.97. The molecule has 0 spiro atoms. The number of carbonyl (C=O) groups is 1. The molecule has 5 nitrogen and oxygen atoms in total. The van der Waals surface area contributed by atoms with E-state index in [0.717, 1.165) is 11.4 Å². The number of anilines is 1. The van der Waals surface area contributed by atoms with Crippen molar-refractivity contribution >= 4 is 23.3 Å². The van der Waals surface area contributed by atoms with Crippen LogP contribution in [0.15, 0.2) is 30.6 Å². The van der Waals surface area contributed by atoms with Crippen molar-refractivity contribution in [3.8, 4) is 0 Å². The number of carboxylic acids is 1. The first-order valence-corrected chi connectivity index (χ1v) is 5.98. The minimum absolute atomic E-state index is 0.171. The van der Waals surface area contributed by atoms with Gasteiger partial charge in [0.2, 0.25) is 0 Å². The normalized spacial score (nSPS) is 10.2. The third-order valence-corrected chi connectivity index (χ3v) is 2.74. The third-order valence-electron chi connectivity index (χ3n) is 2.51. The molecule has 2 aromatic rings. The molecule has 19 heavy (non-hydrogen) atoms. The summed E-state index contributed by atoms with van der Waals surface area (Å²) < 4.78 is 0. The maximum atomic E-state index is 11.1. The van der Waals surface area contributed by atoms with E-state index in [1.807, 2.05) is 6.92 Å². The summed E-state index contributed by atoms with van der Waals surface area (Å²) in [4.78, 5) is 19.4. The molecule has 0 radical (unpaired) electrons. The molecule has 0 aliphatic carbocycles. The van der Waals surface area contributed by atoms with Crippen LogP contribution < -0.4 is 5.32 Å². The molecule has 0 atom stereocenters. The minimum atomic E-state index is -1.01. The smallest absolute Gasteiger partial charge is 0.337 e. The standard InChI is InChI=1S/C13H12ClN3O2/c1-8-5-16-10(6-15-8)7-17-12-4-9(14)2-3-11(12)13(18)19/h2-6,17H,7H2,1H3,(H,18,19). The Morgan fingerprint density at radius 2 is 2.16 bits per heavy atom. The summed E-state index contributed by atoms with van der Waals surface area (Å²) in [5.41, 5.74) is 2.19. The molecule has 0 bridgehead atoms. The summed E-state index contributed by atoms with van der Waals surface area (Å²) in [5, 5.41) is 12.6. The number of aromatic carboxylic acids is 1. The number of halogens is 1. The molecule has 1 aromatic carbocycles. The Labute approximate surface area is 115 Å². The molecule has 0 aliphatic heterocycles. The number of carboxylic acid groups (broad SMARTS) is 1. The first-order valence-electron chi connectivity index (χ1n) is 5.60. The van der Waals surface area contributed by atoms with E-state index in [-0.39, 0.29) is 5.56 Å². The van der Waals surface area contributed by atoms with Crippen molar-refractivity contribution in [3.63, 3.8) is 0 Å². The van der Waals surface area contributed by atoms with Crippen LogP contribution >= 0.6 is 11.6 Å². The van der Waals surface area contributed by atoms with Crippen LogP contribution in [0, 0.1) is 6.92 Å². The van der Waals surface area contributed by atoms with Gasteiger partial charge in [0.1, 0.15) is 0 Å². The van der Waals surface area contributed by atoms with Crippen molar-refractivity contribution in [2.24, 2.45) is 0 Å². The Morgan fingerprint density at radius 1 is 1.37 bits per heavy atom. The zero-order valence-corrected chi connectivity index (χ0v) is 11.0. The van der Waals surface area contributed by atoms with E-state index in [1.165, 1.54) is 6.07 Å². The number of aromatic nitrogens is 2. The van der Waals surface area contributed by atoms with Gasteiger partial charge >= 0.3 is 5.97 Å². The van der Waals surface area contributed by atoms with Crippen LogP contribution in [0.2, 0.25) is 5.02 Å². The van der Waals surface area contributed by atoms with Crippen molar-refractivity contribution in [1.82, 2.24) is 9.97 Å². The zero-order valence-electron chi connectivity index (χ0n) is 10.2. The van der Waals surface area contributed by atoms with Gasteiger partial charge in [0.05, 0.1) is 35.4 Å². The van der Waals surface area contributed by atoms with Crippen molar-refractivity contribution in [2.75, 3.05) is 5.32 Å². The lowest BCUT2D eigenvalue weighted by molar-refractivity contribution is 0.0698. The van der Waals surface area contributed by atoms with Gasteiger partial charge < -0.3 is 10.4 Å². The highest BCUT2D eigenvalue weighted by molar-refractivity contribution is 6.31. The third kappa shape index (κ3) is 3.42. The summed E-state index contributed by atoms with van der Waals surface area (Å²) in [6.45, 7) is 2.23. The molecular formula is C13H12ClN3O2. The molecular weight excluding hydrogens is 266 g/mol. The van der Waals surface area contributed by atoms with E-state index < -0.39 is 5.97 Å². The average Bonchev–Trinajstić information content (AvgIpc) is 2.38. The fraction of sp³-hybridized carbons (Fsp3) is 0.154. The summed E-state index contributed by atoms with van der Waals surface area (Å²) in [5.74, 6) is -1.01. The molecule has 98 valence electrons. The van der Waals surface area contributed by atoms with Gasteiger partial charge in [0.25, 0.3) is 0 Å². The molecule has 6 heteroatoms. The number of nitrogens with zero attached hydrogens (tertiary/aromatic N) is 2. The van der Waals surface area contributed by atoms with Gasteiger partial charge in [-0.2, -0.15) is 0 Å². The lowest BCUT2D eigenvalue weighted by Gasteiger charge is -2.09. The maximum absolute atomic E-state index is 11.1. The Balaban J connectivity index is 2.16. The van der Waals surface area contributed by atoms with E-state index in [9.17, 15) is 4.79 Å². The van der Waals surface area contributed by atoms with Gasteiger partial charge in [-0.05, 0) is 25.1 Å². The first kappa shape index (κ1) is 13.3. The van der Waals surface area contributed by atoms with Crippen LogP contribution in [0.4, 0.5) is 5.69 Å². The molecule has 0 aliphatic rings. The number of nitrogens with one attached hydrogen (secondary N) is 1. The van der Waals surface area contributed by atoms with Gasteiger partial charge in [-0.3, -0.25) is 9.97 Å². The molecule has 2 rings (SSSR count). The lowest BCUT2D eigenvalue weighted by Crippen LogP contribution is -2.07. The molecule has 0 saturated heterocycles. The van der Waals surface area contributed by atoms with Crippen LogP contribution in [0.5, 0.6) is 0 Å². The molecule has 1 aromatic heterocycles. The van der Waals surface area contributed by atoms with Gasteiger partial charge in [-0.1, -0.05) is 11.6 Å². The topological polar surface area (TPSA) is 75.1 Å². The number of hydrogen-bond acceptors (Lipinski definition) is 4. The predicted molar refractivity (Wildman–Crippen MR) is 72.5 cm³/mol. The second-order valence-electron chi connectivity index (χ2n) is 4.00. The van der Waals surface area contributed by atoms with Crippen molar-refractivity contribution in [3.05, 3.63) is 52.6 Å². The molecule has 0 amide bonds.